The van der Waals surface area contributed by atoms with E-state index in [4.69, 9.17) is 0 Å². The Kier molecular flexibility index (Phi) is 8.02. The molecule has 0 rings (SSSR count). The topological polar surface area (TPSA) is 46.2 Å². The molecule has 0 saturated heterocycles. The van der Waals surface area contributed by atoms with Crippen molar-refractivity contribution >= 4 is 9.84 Å². The fraction of sp³-hybridized carbons (Fsp3) is 1.00. The van der Waals surface area contributed by atoms with Gasteiger partial charge < -0.3 is 5.32 Å². The summed E-state index contributed by atoms with van der Waals surface area (Å²) in [5.74, 6) is 0. The highest BCUT2D eigenvalue weighted by Crippen LogP contribution is 2.13. The molecule has 0 amide bonds. The second-order valence-electron chi connectivity index (χ2n) is 4.55. The van der Waals surface area contributed by atoms with Gasteiger partial charge in [0.15, 0.2) is 9.84 Å². The number of hydrogen-bond donors (Lipinski definition) is 1. The highest BCUT2D eigenvalue weighted by atomic mass is 32.2. The third-order valence-electron chi connectivity index (χ3n) is 3.08. The molecule has 3 nitrogen and oxygen atoms in total. The van der Waals surface area contributed by atoms with Crippen molar-refractivity contribution in [2.24, 2.45) is 0 Å². The third-order valence-corrected chi connectivity index (χ3v) is 4.76. The summed E-state index contributed by atoms with van der Waals surface area (Å²) < 4.78 is 23.0. The lowest BCUT2D eigenvalue weighted by atomic mass is 10.1. The predicted octanol–water partition coefficient (Wildman–Crippen LogP) is 2.37. The highest BCUT2D eigenvalue weighted by Gasteiger charge is 2.24. The molecule has 0 aliphatic carbocycles. The standard InChI is InChI=1S/C12H27NO2S/c1-5-7-8-9-10-12(13-6-2)11(3)16(4,14)15/h11-13H,5-10H2,1-4H3. The number of unbranched alkanes of at least 4 members (excludes halogenated alkanes) is 3. The van der Waals surface area contributed by atoms with E-state index < -0.39 is 9.84 Å². The minimum absolute atomic E-state index is 0.108. The minimum atomic E-state index is -2.93. The fourth-order valence-corrected chi connectivity index (χ4v) is 2.68. The SMILES string of the molecule is CCCCCCC(NCC)C(C)S(C)(=O)=O. The zero-order valence-corrected chi connectivity index (χ0v) is 11.9. The Morgan fingerprint density at radius 3 is 2.19 bits per heavy atom. The van der Waals surface area contributed by atoms with Gasteiger partial charge in [0, 0.05) is 12.3 Å². The largest absolute Gasteiger partial charge is 0.313 e. The van der Waals surface area contributed by atoms with Crippen LogP contribution in [-0.2, 0) is 9.84 Å². The van der Waals surface area contributed by atoms with E-state index in [2.05, 4.69) is 12.2 Å². The molecule has 0 saturated carbocycles. The minimum Gasteiger partial charge on any atom is -0.313 e. The van der Waals surface area contributed by atoms with Crippen molar-refractivity contribution < 1.29 is 8.42 Å². The van der Waals surface area contributed by atoms with Crippen LogP contribution in [-0.4, -0.2) is 32.5 Å². The lowest BCUT2D eigenvalue weighted by molar-refractivity contribution is 0.448. The number of hydrogen-bond acceptors (Lipinski definition) is 3. The second-order valence-corrected chi connectivity index (χ2v) is 6.95. The molecule has 16 heavy (non-hydrogen) atoms. The summed E-state index contributed by atoms with van der Waals surface area (Å²) in [5, 5.41) is 3.00. The Morgan fingerprint density at radius 2 is 1.75 bits per heavy atom. The monoisotopic (exact) mass is 249 g/mol. The molecule has 1 N–H and O–H groups in total. The van der Waals surface area contributed by atoms with Crippen LogP contribution in [0.3, 0.4) is 0 Å². The average Bonchev–Trinajstić information content (AvgIpc) is 2.20. The van der Waals surface area contributed by atoms with Gasteiger partial charge in [-0.15, -0.1) is 0 Å². The Bertz CT molecular complexity index is 262. The molecule has 0 radical (unpaired) electrons. The Morgan fingerprint density at radius 1 is 1.12 bits per heavy atom. The normalized spacial score (nSPS) is 16.0. The molecule has 0 bridgehead atoms. The Hall–Kier alpha value is -0.0900. The first-order valence-corrected chi connectivity index (χ1v) is 8.31. The van der Waals surface area contributed by atoms with Crippen molar-refractivity contribution in [3.05, 3.63) is 0 Å². The van der Waals surface area contributed by atoms with Gasteiger partial charge in [0.1, 0.15) is 0 Å². The maximum Gasteiger partial charge on any atom is 0.151 e. The van der Waals surface area contributed by atoms with Gasteiger partial charge in [-0.3, -0.25) is 0 Å². The van der Waals surface area contributed by atoms with Gasteiger partial charge >= 0.3 is 0 Å². The van der Waals surface area contributed by atoms with Crippen LogP contribution >= 0.6 is 0 Å². The number of nitrogens with one attached hydrogen (secondary N) is 1. The maximum absolute atomic E-state index is 11.5. The van der Waals surface area contributed by atoms with Crippen molar-refractivity contribution in [3.63, 3.8) is 0 Å². The van der Waals surface area contributed by atoms with Crippen molar-refractivity contribution in [1.82, 2.24) is 5.32 Å². The summed E-state index contributed by atoms with van der Waals surface area (Å²) in [6.07, 6.45) is 7.07. The summed E-state index contributed by atoms with van der Waals surface area (Å²) in [6.45, 7) is 6.84. The van der Waals surface area contributed by atoms with Gasteiger partial charge in [-0.2, -0.15) is 0 Å². The lowest BCUT2D eigenvalue weighted by Gasteiger charge is -2.23. The molecule has 0 aliphatic rings. The van der Waals surface area contributed by atoms with E-state index in [0.717, 1.165) is 19.4 Å². The van der Waals surface area contributed by atoms with Crippen LogP contribution in [0.25, 0.3) is 0 Å². The molecular weight excluding hydrogens is 222 g/mol. The molecule has 0 aromatic carbocycles. The first-order chi connectivity index (χ1) is 7.43. The molecule has 0 heterocycles. The predicted molar refractivity (Wildman–Crippen MR) is 70.5 cm³/mol. The molecule has 0 aromatic heterocycles. The van der Waals surface area contributed by atoms with Gasteiger partial charge in [-0.05, 0) is 19.9 Å². The molecule has 0 fully saturated rings. The van der Waals surface area contributed by atoms with E-state index in [1.165, 1.54) is 25.5 Å². The molecule has 2 atom stereocenters. The van der Waals surface area contributed by atoms with Crippen LogP contribution in [0, 0.1) is 0 Å². The van der Waals surface area contributed by atoms with E-state index in [1.54, 1.807) is 0 Å². The molecule has 4 heteroatoms. The molecule has 0 spiro atoms. The first-order valence-electron chi connectivity index (χ1n) is 6.35. The van der Waals surface area contributed by atoms with Gasteiger partial charge in [0.25, 0.3) is 0 Å². The van der Waals surface area contributed by atoms with Crippen molar-refractivity contribution in [2.45, 2.75) is 64.2 Å². The summed E-state index contributed by atoms with van der Waals surface area (Å²) in [4.78, 5) is 0. The summed E-state index contributed by atoms with van der Waals surface area (Å²) in [5.41, 5.74) is 0. The lowest BCUT2D eigenvalue weighted by Crippen LogP contribution is -2.42. The summed E-state index contributed by atoms with van der Waals surface area (Å²) in [6, 6.07) is 0.108. The Balaban J connectivity index is 4.16. The first kappa shape index (κ1) is 15.9. The molecular formula is C12H27NO2S. The summed E-state index contributed by atoms with van der Waals surface area (Å²) >= 11 is 0. The smallest absolute Gasteiger partial charge is 0.151 e. The number of sulfone groups is 1. The Labute approximate surface area is 101 Å². The molecule has 2 unspecified atom stereocenters. The van der Waals surface area contributed by atoms with E-state index in [9.17, 15) is 8.42 Å². The molecule has 0 aromatic rings. The van der Waals surface area contributed by atoms with Gasteiger partial charge in [-0.25, -0.2) is 8.42 Å². The van der Waals surface area contributed by atoms with Gasteiger partial charge in [0.2, 0.25) is 0 Å². The quantitative estimate of drug-likeness (QED) is 0.638. The third kappa shape index (κ3) is 6.48. The fourth-order valence-electron chi connectivity index (χ4n) is 1.85. The number of rotatable bonds is 9. The van der Waals surface area contributed by atoms with Crippen LogP contribution in [0.5, 0.6) is 0 Å². The van der Waals surface area contributed by atoms with Crippen LogP contribution < -0.4 is 5.32 Å². The van der Waals surface area contributed by atoms with E-state index in [-0.39, 0.29) is 11.3 Å². The van der Waals surface area contributed by atoms with Crippen molar-refractivity contribution in [2.75, 3.05) is 12.8 Å². The van der Waals surface area contributed by atoms with Gasteiger partial charge in [-0.1, -0.05) is 39.5 Å². The molecule has 98 valence electrons. The van der Waals surface area contributed by atoms with Crippen LogP contribution in [0.1, 0.15) is 52.9 Å². The van der Waals surface area contributed by atoms with Crippen LogP contribution in [0.4, 0.5) is 0 Å². The molecule has 0 aliphatic heterocycles. The van der Waals surface area contributed by atoms with Crippen molar-refractivity contribution in [1.29, 1.82) is 0 Å². The van der Waals surface area contributed by atoms with Crippen molar-refractivity contribution in [3.8, 4) is 0 Å². The average molecular weight is 249 g/mol. The zero-order chi connectivity index (χ0) is 12.6. The van der Waals surface area contributed by atoms with E-state index >= 15 is 0 Å². The highest BCUT2D eigenvalue weighted by molar-refractivity contribution is 7.91. The van der Waals surface area contributed by atoms with Crippen LogP contribution in [0.2, 0.25) is 0 Å². The summed E-state index contributed by atoms with van der Waals surface area (Å²) in [7, 11) is -2.93. The van der Waals surface area contributed by atoms with Gasteiger partial charge in [0.05, 0.1) is 5.25 Å². The second kappa shape index (κ2) is 8.07. The van der Waals surface area contributed by atoms with E-state index in [0.29, 0.717) is 0 Å². The van der Waals surface area contributed by atoms with Crippen LogP contribution in [0.15, 0.2) is 0 Å². The van der Waals surface area contributed by atoms with E-state index in [1.807, 2.05) is 13.8 Å². The maximum atomic E-state index is 11.5. The zero-order valence-electron chi connectivity index (χ0n) is 11.1.